The smallest absolute Gasteiger partial charge is 0.298 e. The zero-order chi connectivity index (χ0) is 22.9. The van der Waals surface area contributed by atoms with Crippen molar-refractivity contribution in [2.45, 2.75) is 31.3 Å². The molecule has 166 valence electrons. The lowest BCUT2D eigenvalue weighted by atomic mass is 10.1. The molecule has 2 heterocycles. The molecule has 2 aromatic heterocycles. The van der Waals surface area contributed by atoms with Crippen molar-refractivity contribution in [3.8, 4) is 5.75 Å². The highest BCUT2D eigenvalue weighted by molar-refractivity contribution is 7.98. The van der Waals surface area contributed by atoms with Crippen molar-refractivity contribution in [2.24, 2.45) is 0 Å². The van der Waals surface area contributed by atoms with E-state index in [1.54, 1.807) is 23.4 Å². The number of nitrogens with zero attached hydrogens (tertiary/aromatic N) is 2. The van der Waals surface area contributed by atoms with Crippen molar-refractivity contribution in [3.63, 3.8) is 0 Å². The van der Waals surface area contributed by atoms with Crippen LogP contribution in [0.2, 0.25) is 0 Å². The molecule has 0 atom stereocenters. The zero-order valence-corrected chi connectivity index (χ0v) is 19.6. The quantitative estimate of drug-likeness (QED) is 0.228. The van der Waals surface area contributed by atoms with Crippen LogP contribution in [0.15, 0.2) is 81.1 Å². The fraction of sp³-hybridized carbons (Fsp3) is 0.185. The van der Waals surface area contributed by atoms with Crippen LogP contribution in [0.3, 0.4) is 0 Å². The van der Waals surface area contributed by atoms with Gasteiger partial charge >= 0.3 is 0 Å². The predicted molar refractivity (Wildman–Crippen MR) is 133 cm³/mol. The molecule has 0 aliphatic rings. The summed E-state index contributed by atoms with van der Waals surface area (Å²) in [4.78, 5) is 18.5. The molecule has 0 spiro atoms. The molecule has 0 saturated heterocycles. The molecule has 0 fully saturated rings. The number of rotatable bonds is 6. The van der Waals surface area contributed by atoms with E-state index in [1.807, 2.05) is 48.5 Å². The van der Waals surface area contributed by atoms with Gasteiger partial charge in [-0.2, -0.15) is 0 Å². The molecule has 5 nitrogen and oxygen atoms in total. The number of aromatic nitrogens is 2. The van der Waals surface area contributed by atoms with Crippen LogP contribution < -0.4 is 10.3 Å². The van der Waals surface area contributed by atoms with Gasteiger partial charge in [0.05, 0.1) is 13.7 Å². The summed E-state index contributed by atoms with van der Waals surface area (Å²) >= 11 is 1.56. The minimum Gasteiger partial charge on any atom is -0.497 e. The van der Waals surface area contributed by atoms with Crippen molar-refractivity contribution in [1.29, 1.82) is 0 Å². The van der Waals surface area contributed by atoms with Crippen molar-refractivity contribution < 1.29 is 9.15 Å². The van der Waals surface area contributed by atoms with Gasteiger partial charge in [0.15, 0.2) is 5.16 Å². The number of fused-ring (bicyclic) bond motifs is 3. The van der Waals surface area contributed by atoms with Crippen LogP contribution in [0, 0.1) is 13.8 Å². The fourth-order valence-electron chi connectivity index (χ4n) is 3.90. The van der Waals surface area contributed by atoms with E-state index in [0.717, 1.165) is 16.7 Å². The summed E-state index contributed by atoms with van der Waals surface area (Å²) in [5.74, 6) is 1.47. The lowest BCUT2D eigenvalue weighted by Crippen LogP contribution is -2.23. The van der Waals surface area contributed by atoms with E-state index >= 15 is 0 Å². The maximum Gasteiger partial charge on any atom is 0.298 e. The number of hydrogen-bond acceptors (Lipinski definition) is 5. The molecule has 0 radical (unpaired) electrons. The SMILES string of the molecule is COc1cccc(Cn2c(SCc3ccc(C)c(C)c3)nc3c(oc4ccccc43)c2=O)c1. The number of aryl methyl sites for hydroxylation is 2. The largest absolute Gasteiger partial charge is 0.497 e. The molecule has 0 aliphatic carbocycles. The van der Waals surface area contributed by atoms with Crippen molar-refractivity contribution >= 4 is 33.8 Å². The first kappa shape index (κ1) is 21.3. The lowest BCUT2D eigenvalue weighted by molar-refractivity contribution is 0.414. The minimum absolute atomic E-state index is 0.179. The van der Waals surface area contributed by atoms with Crippen molar-refractivity contribution in [3.05, 3.63) is 99.3 Å². The first-order chi connectivity index (χ1) is 16.0. The van der Waals surface area contributed by atoms with Gasteiger partial charge in [-0.1, -0.05) is 54.2 Å². The summed E-state index contributed by atoms with van der Waals surface area (Å²) in [5, 5.41) is 1.52. The Morgan fingerprint density at radius 3 is 2.64 bits per heavy atom. The van der Waals surface area contributed by atoms with Gasteiger partial charge in [0.2, 0.25) is 5.58 Å². The average Bonchev–Trinajstić information content (AvgIpc) is 3.21. The number of furan rings is 1. The number of thioether (sulfide) groups is 1. The second-order valence-electron chi connectivity index (χ2n) is 8.12. The van der Waals surface area contributed by atoms with E-state index < -0.39 is 0 Å². The van der Waals surface area contributed by atoms with E-state index in [9.17, 15) is 4.79 Å². The molecule has 6 heteroatoms. The van der Waals surface area contributed by atoms with Crippen molar-refractivity contribution in [2.75, 3.05) is 7.11 Å². The van der Waals surface area contributed by atoms with Crippen LogP contribution in [0.25, 0.3) is 22.1 Å². The van der Waals surface area contributed by atoms with E-state index in [0.29, 0.717) is 28.6 Å². The van der Waals surface area contributed by atoms with Crippen LogP contribution in [-0.4, -0.2) is 16.7 Å². The summed E-state index contributed by atoms with van der Waals surface area (Å²) in [6.45, 7) is 4.60. The highest BCUT2D eigenvalue weighted by Gasteiger charge is 2.18. The lowest BCUT2D eigenvalue weighted by Gasteiger charge is -2.13. The van der Waals surface area contributed by atoms with Crippen LogP contribution in [0.1, 0.15) is 22.3 Å². The molecule has 0 unspecified atom stereocenters. The summed E-state index contributed by atoms with van der Waals surface area (Å²) < 4.78 is 13.0. The fourth-order valence-corrected chi connectivity index (χ4v) is 4.83. The Balaban J connectivity index is 1.61. The summed E-state index contributed by atoms with van der Waals surface area (Å²) in [6, 6.07) is 21.8. The van der Waals surface area contributed by atoms with E-state index in [4.69, 9.17) is 14.1 Å². The van der Waals surface area contributed by atoms with Gasteiger partial charge in [0.25, 0.3) is 5.56 Å². The Morgan fingerprint density at radius 1 is 0.970 bits per heavy atom. The maximum absolute atomic E-state index is 13.6. The van der Waals surface area contributed by atoms with Gasteiger partial charge in [-0.3, -0.25) is 9.36 Å². The number of benzene rings is 3. The number of hydrogen-bond donors (Lipinski definition) is 0. The molecular weight excluding hydrogens is 432 g/mol. The Morgan fingerprint density at radius 2 is 1.82 bits per heavy atom. The Hall–Kier alpha value is -3.51. The molecule has 33 heavy (non-hydrogen) atoms. The van der Waals surface area contributed by atoms with Crippen LogP contribution >= 0.6 is 11.8 Å². The average molecular weight is 457 g/mol. The third-order valence-corrected chi connectivity index (χ3v) is 6.91. The second-order valence-corrected chi connectivity index (χ2v) is 9.06. The molecule has 3 aromatic carbocycles. The molecule has 0 bridgehead atoms. The van der Waals surface area contributed by atoms with Gasteiger partial charge in [-0.25, -0.2) is 4.98 Å². The highest BCUT2D eigenvalue weighted by Crippen LogP contribution is 2.29. The number of para-hydroxylation sites is 1. The summed E-state index contributed by atoms with van der Waals surface area (Å²) in [7, 11) is 1.64. The predicted octanol–water partition coefficient (Wildman–Crippen LogP) is 6.11. The standard InChI is InChI=1S/C27H24N2O3S/c1-17-11-12-20(13-18(17)2)16-33-27-28-24-22-9-4-5-10-23(22)32-25(24)26(30)29(27)15-19-7-6-8-21(14-19)31-3/h4-14H,15-16H2,1-3H3. The van der Waals surface area contributed by atoms with E-state index in [-0.39, 0.29) is 11.1 Å². The molecule has 5 aromatic rings. The molecule has 0 saturated carbocycles. The topological polar surface area (TPSA) is 57.3 Å². The van der Waals surface area contributed by atoms with Gasteiger partial charge in [-0.05, 0) is 60.4 Å². The first-order valence-electron chi connectivity index (χ1n) is 10.8. The first-order valence-corrected chi connectivity index (χ1v) is 11.8. The van der Waals surface area contributed by atoms with Crippen molar-refractivity contribution in [1.82, 2.24) is 9.55 Å². The van der Waals surface area contributed by atoms with Crippen LogP contribution in [-0.2, 0) is 12.3 Å². The van der Waals surface area contributed by atoms with Gasteiger partial charge < -0.3 is 9.15 Å². The van der Waals surface area contributed by atoms with Crippen LogP contribution in [0.4, 0.5) is 0 Å². The molecular formula is C27H24N2O3S. The van der Waals surface area contributed by atoms with Gasteiger partial charge in [-0.15, -0.1) is 0 Å². The monoisotopic (exact) mass is 456 g/mol. The molecule has 0 N–H and O–H groups in total. The summed E-state index contributed by atoms with van der Waals surface area (Å²) in [5.41, 5.74) is 6.07. The second kappa shape index (κ2) is 8.79. The van der Waals surface area contributed by atoms with E-state index in [1.165, 1.54) is 16.7 Å². The number of methoxy groups -OCH3 is 1. The number of ether oxygens (including phenoxy) is 1. The van der Waals surface area contributed by atoms with E-state index in [2.05, 4.69) is 32.0 Å². The maximum atomic E-state index is 13.6. The van der Waals surface area contributed by atoms with Crippen LogP contribution in [0.5, 0.6) is 5.75 Å². The molecule has 0 aliphatic heterocycles. The Kier molecular flexibility index (Phi) is 5.68. The third kappa shape index (κ3) is 4.14. The van der Waals surface area contributed by atoms with Gasteiger partial charge in [0, 0.05) is 11.1 Å². The Labute approximate surface area is 196 Å². The zero-order valence-electron chi connectivity index (χ0n) is 18.8. The normalized spacial score (nSPS) is 11.4. The minimum atomic E-state index is -0.179. The highest BCUT2D eigenvalue weighted by atomic mass is 32.2. The third-order valence-electron chi connectivity index (χ3n) is 5.86. The summed E-state index contributed by atoms with van der Waals surface area (Å²) in [6.07, 6.45) is 0. The molecule has 0 amide bonds. The molecule has 5 rings (SSSR count). The van der Waals surface area contributed by atoms with Gasteiger partial charge in [0.1, 0.15) is 16.8 Å². The Bertz CT molecular complexity index is 1530.